The van der Waals surface area contributed by atoms with Crippen LogP contribution in [0.25, 0.3) is 0 Å². The number of anilines is 1. The highest BCUT2D eigenvalue weighted by Gasteiger charge is 2.17. The van der Waals surface area contributed by atoms with Gasteiger partial charge in [-0.2, -0.15) is 5.10 Å². The van der Waals surface area contributed by atoms with Crippen molar-refractivity contribution in [3.05, 3.63) is 33.9 Å². The van der Waals surface area contributed by atoms with Gasteiger partial charge in [-0.05, 0) is 18.9 Å². The van der Waals surface area contributed by atoms with Gasteiger partial charge in [0.15, 0.2) is 0 Å². The molecule has 0 N–H and O–H groups in total. The van der Waals surface area contributed by atoms with E-state index in [9.17, 15) is 10.1 Å². The molecule has 0 spiro atoms. The summed E-state index contributed by atoms with van der Waals surface area (Å²) in [6, 6.07) is 4.96. The molecule has 0 aromatic heterocycles. The summed E-state index contributed by atoms with van der Waals surface area (Å²) in [6.07, 6.45) is 4.02. The summed E-state index contributed by atoms with van der Waals surface area (Å²) in [5.41, 5.74) is 1.92. The van der Waals surface area contributed by atoms with E-state index in [1.807, 2.05) is 20.2 Å². The van der Waals surface area contributed by atoms with E-state index in [2.05, 4.69) is 10.0 Å². The second kappa shape index (κ2) is 5.69. The van der Waals surface area contributed by atoms with Crippen LogP contribution in [0.5, 0.6) is 0 Å². The van der Waals surface area contributed by atoms with Crippen LogP contribution in [-0.4, -0.2) is 43.3 Å². The first-order chi connectivity index (χ1) is 9.08. The quantitative estimate of drug-likeness (QED) is 0.473. The Morgan fingerprint density at radius 2 is 2.05 bits per heavy atom. The summed E-state index contributed by atoms with van der Waals surface area (Å²) in [5, 5.41) is 16.7. The van der Waals surface area contributed by atoms with Crippen molar-refractivity contribution in [3.63, 3.8) is 0 Å². The van der Waals surface area contributed by atoms with Crippen LogP contribution >= 0.6 is 0 Å². The molecular weight excluding hydrogens is 244 g/mol. The first-order valence-electron chi connectivity index (χ1n) is 6.32. The van der Waals surface area contributed by atoms with E-state index < -0.39 is 0 Å². The third-order valence-electron chi connectivity index (χ3n) is 3.10. The summed E-state index contributed by atoms with van der Waals surface area (Å²) in [5.74, 6) is 0. The Bertz CT molecular complexity index is 493. The van der Waals surface area contributed by atoms with Crippen LogP contribution in [0, 0.1) is 10.1 Å². The average molecular weight is 262 g/mol. The summed E-state index contributed by atoms with van der Waals surface area (Å²) < 4.78 is 0. The third-order valence-corrected chi connectivity index (χ3v) is 3.10. The third kappa shape index (κ3) is 3.21. The molecule has 0 amide bonds. The van der Waals surface area contributed by atoms with Crippen molar-refractivity contribution >= 4 is 17.6 Å². The SMILES string of the molecule is CN(C)/N=C\c1cc([N+](=O)[O-])ccc1N1CCCC1. The van der Waals surface area contributed by atoms with Gasteiger partial charge in [-0.25, -0.2) is 0 Å². The number of rotatable bonds is 4. The highest BCUT2D eigenvalue weighted by Crippen LogP contribution is 2.27. The highest BCUT2D eigenvalue weighted by molar-refractivity contribution is 5.89. The molecule has 102 valence electrons. The minimum Gasteiger partial charge on any atom is -0.371 e. The van der Waals surface area contributed by atoms with Crippen LogP contribution in [0.15, 0.2) is 23.3 Å². The second-order valence-electron chi connectivity index (χ2n) is 4.79. The number of nitro benzene ring substituents is 1. The zero-order chi connectivity index (χ0) is 13.8. The Hall–Kier alpha value is -2.11. The fourth-order valence-electron chi connectivity index (χ4n) is 2.18. The second-order valence-corrected chi connectivity index (χ2v) is 4.79. The van der Waals surface area contributed by atoms with Crippen molar-refractivity contribution in [2.45, 2.75) is 12.8 Å². The van der Waals surface area contributed by atoms with Crippen LogP contribution in [0.2, 0.25) is 0 Å². The van der Waals surface area contributed by atoms with Crippen molar-refractivity contribution in [1.82, 2.24) is 5.01 Å². The molecule has 0 radical (unpaired) electrons. The Kier molecular flexibility index (Phi) is 3.99. The van der Waals surface area contributed by atoms with E-state index in [1.54, 1.807) is 23.4 Å². The maximum absolute atomic E-state index is 10.9. The summed E-state index contributed by atoms with van der Waals surface area (Å²) in [7, 11) is 3.65. The molecule has 0 atom stereocenters. The van der Waals surface area contributed by atoms with Crippen LogP contribution in [0.4, 0.5) is 11.4 Å². The lowest BCUT2D eigenvalue weighted by atomic mass is 10.1. The molecule has 19 heavy (non-hydrogen) atoms. The zero-order valence-electron chi connectivity index (χ0n) is 11.2. The van der Waals surface area contributed by atoms with Gasteiger partial charge in [0, 0.05) is 50.6 Å². The van der Waals surface area contributed by atoms with Crippen molar-refractivity contribution in [1.29, 1.82) is 0 Å². The van der Waals surface area contributed by atoms with Gasteiger partial charge >= 0.3 is 0 Å². The Morgan fingerprint density at radius 1 is 1.37 bits per heavy atom. The van der Waals surface area contributed by atoms with E-state index >= 15 is 0 Å². The molecule has 6 nitrogen and oxygen atoms in total. The molecule has 0 bridgehead atoms. The minimum absolute atomic E-state index is 0.100. The van der Waals surface area contributed by atoms with Gasteiger partial charge in [0.25, 0.3) is 5.69 Å². The Balaban J connectivity index is 2.37. The molecule has 0 unspecified atom stereocenters. The van der Waals surface area contributed by atoms with Gasteiger partial charge in [0.1, 0.15) is 0 Å². The van der Waals surface area contributed by atoms with Crippen LogP contribution in [0.1, 0.15) is 18.4 Å². The molecule has 6 heteroatoms. The lowest BCUT2D eigenvalue weighted by Gasteiger charge is -2.19. The van der Waals surface area contributed by atoms with Gasteiger partial charge in [0.2, 0.25) is 0 Å². The van der Waals surface area contributed by atoms with Crippen molar-refractivity contribution in [2.75, 3.05) is 32.1 Å². The summed E-state index contributed by atoms with van der Waals surface area (Å²) >= 11 is 0. The predicted octanol–water partition coefficient (Wildman–Crippen LogP) is 2.09. The summed E-state index contributed by atoms with van der Waals surface area (Å²) in [4.78, 5) is 12.7. The van der Waals surface area contributed by atoms with Crippen molar-refractivity contribution < 1.29 is 4.92 Å². The molecular formula is C13H18N4O2. The molecule has 1 fully saturated rings. The fraction of sp³-hybridized carbons (Fsp3) is 0.462. The molecule has 0 saturated carbocycles. The predicted molar refractivity (Wildman–Crippen MR) is 75.8 cm³/mol. The molecule has 1 aliphatic rings. The highest BCUT2D eigenvalue weighted by atomic mass is 16.6. The molecule has 0 aliphatic carbocycles. The first-order valence-corrected chi connectivity index (χ1v) is 6.32. The molecule has 1 aromatic carbocycles. The van der Waals surface area contributed by atoms with Crippen molar-refractivity contribution in [2.24, 2.45) is 5.10 Å². The average Bonchev–Trinajstić information content (AvgIpc) is 2.89. The van der Waals surface area contributed by atoms with Crippen molar-refractivity contribution in [3.8, 4) is 0 Å². The Labute approximate surface area is 112 Å². The lowest BCUT2D eigenvalue weighted by Crippen LogP contribution is -2.19. The van der Waals surface area contributed by atoms with Gasteiger partial charge in [-0.15, -0.1) is 0 Å². The monoisotopic (exact) mass is 262 g/mol. The van der Waals surface area contributed by atoms with E-state index in [0.717, 1.165) is 24.3 Å². The molecule has 1 heterocycles. The van der Waals surface area contributed by atoms with E-state index in [-0.39, 0.29) is 10.6 Å². The molecule has 1 saturated heterocycles. The molecule has 2 rings (SSSR count). The largest absolute Gasteiger partial charge is 0.371 e. The van der Waals surface area contributed by atoms with Gasteiger partial charge in [-0.3, -0.25) is 10.1 Å². The first kappa shape index (κ1) is 13.3. The van der Waals surface area contributed by atoms with E-state index in [0.29, 0.717) is 0 Å². The minimum atomic E-state index is -0.374. The van der Waals surface area contributed by atoms with Crippen LogP contribution < -0.4 is 4.90 Å². The smallest absolute Gasteiger partial charge is 0.270 e. The molecule has 1 aliphatic heterocycles. The van der Waals surface area contributed by atoms with E-state index in [1.165, 1.54) is 12.8 Å². The molecule has 1 aromatic rings. The number of hydrazone groups is 1. The van der Waals surface area contributed by atoms with Gasteiger partial charge < -0.3 is 9.91 Å². The maximum atomic E-state index is 10.9. The fourth-order valence-corrected chi connectivity index (χ4v) is 2.18. The zero-order valence-corrected chi connectivity index (χ0v) is 11.2. The number of benzene rings is 1. The van der Waals surface area contributed by atoms with Crippen LogP contribution in [-0.2, 0) is 0 Å². The Morgan fingerprint density at radius 3 is 2.63 bits per heavy atom. The topological polar surface area (TPSA) is 62.0 Å². The van der Waals surface area contributed by atoms with Gasteiger partial charge in [-0.1, -0.05) is 0 Å². The lowest BCUT2D eigenvalue weighted by molar-refractivity contribution is -0.384. The van der Waals surface area contributed by atoms with Crippen LogP contribution in [0.3, 0.4) is 0 Å². The van der Waals surface area contributed by atoms with E-state index in [4.69, 9.17) is 0 Å². The maximum Gasteiger partial charge on any atom is 0.270 e. The normalized spacial score (nSPS) is 15.2. The van der Waals surface area contributed by atoms with Gasteiger partial charge in [0.05, 0.1) is 11.1 Å². The number of nitro groups is 1. The number of hydrogen-bond donors (Lipinski definition) is 0. The summed E-state index contributed by atoms with van der Waals surface area (Å²) in [6.45, 7) is 2.00. The number of non-ortho nitro benzene ring substituents is 1. The standard InChI is InChI=1S/C13H18N4O2/c1-15(2)14-10-11-9-12(17(18)19)5-6-13(11)16-7-3-4-8-16/h5-6,9-10H,3-4,7-8H2,1-2H3/b14-10-. The number of hydrogen-bond acceptors (Lipinski definition) is 5. The number of nitrogens with zero attached hydrogens (tertiary/aromatic N) is 4.